The van der Waals surface area contributed by atoms with Crippen LogP contribution in [-0.2, 0) is 0 Å². The van der Waals surface area contributed by atoms with Gasteiger partial charge in [0.1, 0.15) is 23.5 Å². The lowest BCUT2D eigenvalue weighted by Gasteiger charge is -1.83. The maximum atomic E-state index is 8.38. The number of hydrogen-bond donors (Lipinski definition) is 1. The number of nitrogen functional groups attached to an aromatic ring is 1. The summed E-state index contributed by atoms with van der Waals surface area (Å²) in [6.45, 7) is 0. The van der Waals surface area contributed by atoms with E-state index in [1.165, 1.54) is 6.08 Å². The van der Waals surface area contributed by atoms with Crippen LogP contribution in [0.3, 0.4) is 0 Å². The van der Waals surface area contributed by atoms with Crippen LogP contribution in [0.2, 0.25) is 0 Å². The van der Waals surface area contributed by atoms with E-state index in [1.54, 1.807) is 24.3 Å². The van der Waals surface area contributed by atoms with Crippen LogP contribution in [0, 0.1) is 22.7 Å². The quantitative estimate of drug-likeness (QED) is 0.625. The number of nitriles is 2. The van der Waals surface area contributed by atoms with Gasteiger partial charge in [-0.1, -0.05) is 0 Å². The van der Waals surface area contributed by atoms with Crippen molar-refractivity contribution in [3.05, 3.63) is 23.5 Å². The van der Waals surface area contributed by atoms with Crippen molar-refractivity contribution in [2.75, 3.05) is 5.73 Å². The Hall–Kier alpha value is -2.20. The van der Waals surface area contributed by atoms with Gasteiger partial charge in [-0.3, -0.25) is 0 Å². The summed E-state index contributed by atoms with van der Waals surface area (Å²) < 4.78 is 4.92. The van der Waals surface area contributed by atoms with Crippen LogP contribution in [0.25, 0.3) is 6.08 Å². The van der Waals surface area contributed by atoms with E-state index in [4.69, 9.17) is 20.7 Å². The zero-order chi connectivity index (χ0) is 8.97. The summed E-state index contributed by atoms with van der Waals surface area (Å²) in [7, 11) is 0. The number of anilines is 1. The van der Waals surface area contributed by atoms with Gasteiger partial charge in [0.2, 0.25) is 0 Å². The molecule has 0 saturated carbocycles. The van der Waals surface area contributed by atoms with E-state index in [0.29, 0.717) is 5.76 Å². The Balaban J connectivity index is 2.97. The molecule has 0 fully saturated rings. The van der Waals surface area contributed by atoms with Crippen molar-refractivity contribution in [3.8, 4) is 12.1 Å². The highest BCUT2D eigenvalue weighted by atomic mass is 16.3. The molecule has 0 radical (unpaired) electrons. The second kappa shape index (κ2) is 3.27. The minimum absolute atomic E-state index is 0.00986. The van der Waals surface area contributed by atoms with Crippen molar-refractivity contribution in [1.82, 2.24) is 0 Å². The van der Waals surface area contributed by atoms with Crippen LogP contribution >= 0.6 is 0 Å². The summed E-state index contributed by atoms with van der Waals surface area (Å²) in [4.78, 5) is 0. The highest BCUT2D eigenvalue weighted by molar-refractivity contribution is 5.59. The zero-order valence-electron chi connectivity index (χ0n) is 6.11. The summed E-state index contributed by atoms with van der Waals surface area (Å²) in [5.41, 5.74) is 5.27. The van der Waals surface area contributed by atoms with E-state index < -0.39 is 0 Å². The van der Waals surface area contributed by atoms with Crippen LogP contribution in [-0.4, -0.2) is 0 Å². The number of nitrogens with zero attached hydrogens (tertiary/aromatic N) is 2. The van der Waals surface area contributed by atoms with Gasteiger partial charge in [0.05, 0.1) is 0 Å². The lowest BCUT2D eigenvalue weighted by molar-refractivity contribution is 0.577. The molecule has 2 N–H and O–H groups in total. The van der Waals surface area contributed by atoms with Crippen molar-refractivity contribution in [3.63, 3.8) is 0 Å². The maximum Gasteiger partial charge on any atom is 0.190 e. The van der Waals surface area contributed by atoms with Gasteiger partial charge in [-0.25, -0.2) is 0 Å². The number of nitrogens with two attached hydrogens (primary N) is 1. The van der Waals surface area contributed by atoms with Crippen molar-refractivity contribution in [2.45, 2.75) is 0 Å². The van der Waals surface area contributed by atoms with E-state index in [1.807, 2.05) is 0 Å². The van der Waals surface area contributed by atoms with Gasteiger partial charge in [-0.05, 0) is 6.07 Å². The summed E-state index contributed by atoms with van der Waals surface area (Å²) in [5, 5.41) is 16.8. The third kappa shape index (κ3) is 1.65. The van der Waals surface area contributed by atoms with Gasteiger partial charge in [-0.2, -0.15) is 10.5 Å². The molecule has 1 aromatic heterocycles. The standard InChI is InChI=1S/C8H5N3O/c9-4-6(5-10)3-7-1-2-8(11)12-7/h1-3H,11H2. The van der Waals surface area contributed by atoms with Gasteiger partial charge in [-0.15, -0.1) is 0 Å². The largest absolute Gasteiger partial charge is 0.442 e. The number of rotatable bonds is 1. The van der Waals surface area contributed by atoms with Gasteiger partial charge in [0.15, 0.2) is 5.88 Å². The molecule has 0 aromatic carbocycles. The third-order valence-corrected chi connectivity index (χ3v) is 1.18. The Bertz CT molecular complexity index is 373. The molecule has 0 aliphatic heterocycles. The number of furan rings is 1. The molecule has 0 unspecified atom stereocenters. The molecule has 1 rings (SSSR count). The second-order valence-corrected chi connectivity index (χ2v) is 2.02. The van der Waals surface area contributed by atoms with Gasteiger partial charge >= 0.3 is 0 Å². The minimum Gasteiger partial charge on any atom is -0.442 e. The van der Waals surface area contributed by atoms with Crippen LogP contribution in [0.4, 0.5) is 5.88 Å². The molecular formula is C8H5N3O. The van der Waals surface area contributed by atoms with Crippen molar-refractivity contribution in [1.29, 1.82) is 10.5 Å². The number of hydrogen-bond acceptors (Lipinski definition) is 4. The molecule has 12 heavy (non-hydrogen) atoms. The molecule has 0 spiro atoms. The Morgan fingerprint density at radius 2 is 2.08 bits per heavy atom. The summed E-state index contributed by atoms with van der Waals surface area (Å²) in [6, 6.07) is 6.56. The molecule has 0 amide bonds. The van der Waals surface area contributed by atoms with Crippen LogP contribution < -0.4 is 5.73 Å². The molecule has 0 bridgehead atoms. The monoisotopic (exact) mass is 159 g/mol. The average molecular weight is 159 g/mol. The smallest absolute Gasteiger partial charge is 0.190 e. The van der Waals surface area contributed by atoms with Crippen molar-refractivity contribution < 1.29 is 4.42 Å². The molecule has 58 valence electrons. The predicted octanol–water partition coefficient (Wildman–Crippen LogP) is 1.29. The van der Waals surface area contributed by atoms with Gasteiger partial charge < -0.3 is 10.2 Å². The maximum absolute atomic E-state index is 8.38. The molecule has 0 saturated heterocycles. The lowest BCUT2D eigenvalue weighted by atomic mass is 10.3. The fraction of sp³-hybridized carbons (Fsp3) is 0. The summed E-state index contributed by atoms with van der Waals surface area (Å²) in [6.07, 6.45) is 1.33. The first-order chi connectivity index (χ1) is 5.76. The Labute approximate surface area is 69.1 Å². The van der Waals surface area contributed by atoms with E-state index in [0.717, 1.165) is 0 Å². The van der Waals surface area contributed by atoms with Crippen molar-refractivity contribution >= 4 is 12.0 Å². The van der Waals surface area contributed by atoms with Crippen LogP contribution in [0.15, 0.2) is 22.1 Å². The lowest BCUT2D eigenvalue weighted by Crippen LogP contribution is -1.76. The van der Waals surface area contributed by atoms with Crippen LogP contribution in [0.5, 0.6) is 0 Å². The fourth-order valence-electron chi connectivity index (χ4n) is 0.678. The third-order valence-electron chi connectivity index (χ3n) is 1.18. The van der Waals surface area contributed by atoms with E-state index in [2.05, 4.69) is 0 Å². The van der Waals surface area contributed by atoms with Gasteiger partial charge in [0.25, 0.3) is 0 Å². The zero-order valence-corrected chi connectivity index (χ0v) is 6.11. The van der Waals surface area contributed by atoms with Gasteiger partial charge in [0, 0.05) is 12.1 Å². The predicted molar refractivity (Wildman–Crippen MR) is 42.3 cm³/mol. The summed E-state index contributed by atoms with van der Waals surface area (Å²) in [5.74, 6) is 0.669. The highest BCUT2D eigenvalue weighted by Crippen LogP contribution is 2.12. The summed E-state index contributed by atoms with van der Waals surface area (Å²) >= 11 is 0. The molecule has 4 heteroatoms. The molecule has 0 atom stereocenters. The average Bonchev–Trinajstić information content (AvgIpc) is 2.47. The molecule has 0 aliphatic rings. The SMILES string of the molecule is N#CC(C#N)=Cc1ccc(N)o1. The normalized spacial score (nSPS) is 8.17. The molecule has 4 nitrogen and oxygen atoms in total. The Morgan fingerprint density at radius 1 is 1.42 bits per heavy atom. The van der Waals surface area contributed by atoms with E-state index in [-0.39, 0.29) is 11.5 Å². The molecule has 1 heterocycles. The first-order valence-electron chi connectivity index (χ1n) is 3.13. The van der Waals surface area contributed by atoms with E-state index in [9.17, 15) is 0 Å². The molecular weight excluding hydrogens is 154 g/mol. The Kier molecular flexibility index (Phi) is 2.15. The minimum atomic E-state index is -0.00986. The molecule has 1 aromatic rings. The first kappa shape index (κ1) is 7.90. The van der Waals surface area contributed by atoms with E-state index >= 15 is 0 Å². The first-order valence-corrected chi connectivity index (χ1v) is 3.13. The molecule has 0 aliphatic carbocycles. The number of allylic oxidation sites excluding steroid dienone is 1. The topological polar surface area (TPSA) is 86.7 Å². The highest BCUT2D eigenvalue weighted by Gasteiger charge is 1.97. The van der Waals surface area contributed by atoms with Crippen molar-refractivity contribution in [2.24, 2.45) is 0 Å². The van der Waals surface area contributed by atoms with Crippen LogP contribution in [0.1, 0.15) is 5.76 Å². The fourth-order valence-corrected chi connectivity index (χ4v) is 0.678. The second-order valence-electron chi connectivity index (χ2n) is 2.02. The Morgan fingerprint density at radius 3 is 2.50 bits per heavy atom.